The van der Waals surface area contributed by atoms with Crippen LogP contribution in [0.4, 0.5) is 0 Å². The van der Waals surface area contributed by atoms with Gasteiger partial charge in [0.2, 0.25) is 17.7 Å². The van der Waals surface area contributed by atoms with Crippen molar-refractivity contribution in [2.24, 2.45) is 17.3 Å². The summed E-state index contributed by atoms with van der Waals surface area (Å²) in [4.78, 5) is 78.0. The zero-order valence-electron chi connectivity index (χ0n) is 42.8. The van der Waals surface area contributed by atoms with Crippen LogP contribution in [0.25, 0.3) is 38.9 Å². The predicted molar refractivity (Wildman–Crippen MR) is 275 cm³/mol. The van der Waals surface area contributed by atoms with E-state index < -0.39 is 47.2 Å². The van der Waals surface area contributed by atoms with E-state index in [1.165, 1.54) is 21.6 Å². The highest BCUT2D eigenvalue weighted by atomic mass is 16.5. The van der Waals surface area contributed by atoms with Gasteiger partial charge in [-0.05, 0) is 116 Å². The van der Waals surface area contributed by atoms with Gasteiger partial charge in [0.05, 0.1) is 30.0 Å². The number of aromatic nitrogens is 2. The Morgan fingerprint density at radius 2 is 1.85 bits per heavy atom. The van der Waals surface area contributed by atoms with E-state index in [0.717, 1.165) is 75.2 Å². The zero-order valence-corrected chi connectivity index (χ0v) is 42.8. The Hall–Kier alpha value is -6.16. The number of esters is 1. The summed E-state index contributed by atoms with van der Waals surface area (Å²) >= 11 is 0. The van der Waals surface area contributed by atoms with Crippen molar-refractivity contribution >= 4 is 46.1 Å². The maximum atomic E-state index is 14.8. The number of nitrogens with zero attached hydrogens (tertiary/aromatic N) is 5. The molecule has 6 bridgehead atoms. The number of nitrogens with one attached hydrogen (secondary N) is 3. The van der Waals surface area contributed by atoms with Gasteiger partial charge in [-0.2, -0.15) is 0 Å². The monoisotopic (exact) mass is 969 g/mol. The number of fused-ring (bicyclic) bond motifs is 6. The van der Waals surface area contributed by atoms with Crippen molar-refractivity contribution in [1.29, 1.82) is 0 Å². The Balaban J connectivity index is 1.21. The van der Waals surface area contributed by atoms with Gasteiger partial charge in [-0.3, -0.25) is 34.0 Å². The average molecular weight is 969 g/mol. The number of ether oxygens (including phenoxy) is 2. The maximum absolute atomic E-state index is 14.8. The molecular weight excluding hydrogens is 897 g/mol. The van der Waals surface area contributed by atoms with Gasteiger partial charge >= 0.3 is 5.97 Å². The lowest BCUT2D eigenvalue weighted by Gasteiger charge is -2.37. The first-order chi connectivity index (χ1) is 34.0. The van der Waals surface area contributed by atoms with Crippen LogP contribution in [-0.4, -0.2) is 126 Å². The second-order valence-electron chi connectivity index (χ2n) is 20.9. The van der Waals surface area contributed by atoms with Gasteiger partial charge in [-0.15, -0.1) is 0 Å². The van der Waals surface area contributed by atoms with E-state index in [-0.39, 0.29) is 43.4 Å². The number of hydrogen-bond donors (Lipinski definition) is 3. The molecule has 2 aromatic carbocycles. The molecule has 0 radical (unpaired) electrons. The first-order valence-corrected chi connectivity index (χ1v) is 25.4. The molecule has 15 heteroatoms. The molecule has 0 spiro atoms. The molecule has 2 fully saturated rings. The fourth-order valence-electron chi connectivity index (χ4n) is 11.0. The highest BCUT2D eigenvalue weighted by Gasteiger charge is 2.40. The molecular formula is C56H72N8O7. The molecule has 4 aromatic rings. The number of likely N-dealkylation sites (tertiary alicyclic amines) is 1. The Morgan fingerprint density at radius 3 is 2.56 bits per heavy atom. The molecule has 4 amide bonds. The lowest BCUT2D eigenvalue weighted by Crippen LogP contribution is -2.62. The normalized spacial score (nSPS) is 21.5. The van der Waals surface area contributed by atoms with Gasteiger partial charge in [-0.25, -0.2) is 5.43 Å². The SMILES string of the molecule is C=CC(=O)N1CCC(C(=O)N(C)[C@H](C(=O)N[C@H]2Cc3cccc(c3)-c3ccc4c(c3)c(c(-c3cc(C5=CCNCC5)cnc3[C@H](C)OC)n4CC)CC(C)(C)COC(=O)[C@@H]3CCCN(N3)C2=O)C(C)C)C1. The number of benzene rings is 2. The van der Waals surface area contributed by atoms with Crippen LogP contribution >= 0.6 is 0 Å². The van der Waals surface area contributed by atoms with E-state index in [4.69, 9.17) is 14.5 Å². The molecule has 8 rings (SSSR count). The van der Waals surface area contributed by atoms with Crippen molar-refractivity contribution < 1.29 is 33.4 Å². The Morgan fingerprint density at radius 1 is 1.06 bits per heavy atom. The van der Waals surface area contributed by atoms with E-state index in [0.29, 0.717) is 45.3 Å². The largest absolute Gasteiger partial charge is 0.464 e. The number of rotatable bonds is 11. The molecule has 1 unspecified atom stereocenters. The fraction of sp³-hybridized carbons (Fsp3) is 0.500. The third-order valence-electron chi connectivity index (χ3n) is 14.8. The maximum Gasteiger partial charge on any atom is 0.324 e. The molecule has 0 aliphatic carbocycles. The van der Waals surface area contributed by atoms with Crippen molar-refractivity contribution in [2.75, 3.05) is 53.5 Å². The number of hydrogen-bond acceptors (Lipinski definition) is 10. The van der Waals surface area contributed by atoms with Crippen molar-refractivity contribution in [1.82, 2.24) is 40.4 Å². The number of amides is 4. The zero-order chi connectivity index (χ0) is 50.7. The fourth-order valence-corrected chi connectivity index (χ4v) is 11.0. The molecule has 2 saturated heterocycles. The van der Waals surface area contributed by atoms with E-state index in [1.54, 1.807) is 19.1 Å². The minimum atomic E-state index is -1.06. The molecule has 378 valence electrons. The third kappa shape index (κ3) is 10.9. The van der Waals surface area contributed by atoms with E-state index in [9.17, 15) is 24.0 Å². The summed E-state index contributed by atoms with van der Waals surface area (Å²) in [5.74, 6) is -2.57. The van der Waals surface area contributed by atoms with Gasteiger partial charge in [-0.1, -0.05) is 70.7 Å². The summed E-state index contributed by atoms with van der Waals surface area (Å²) in [5, 5.41) is 9.04. The second-order valence-corrected chi connectivity index (χ2v) is 20.9. The Kier molecular flexibility index (Phi) is 15.6. The molecule has 3 N–H and O–H groups in total. The summed E-state index contributed by atoms with van der Waals surface area (Å²) in [6, 6.07) is 14.2. The number of aryl methyl sites for hydroxylation is 1. The smallest absolute Gasteiger partial charge is 0.324 e. The highest BCUT2D eigenvalue weighted by molar-refractivity contribution is 5.96. The van der Waals surface area contributed by atoms with Crippen LogP contribution in [0.2, 0.25) is 0 Å². The van der Waals surface area contributed by atoms with Crippen molar-refractivity contribution in [2.45, 2.75) is 111 Å². The Labute approximate surface area is 418 Å². The van der Waals surface area contributed by atoms with Gasteiger partial charge < -0.3 is 34.5 Å². The summed E-state index contributed by atoms with van der Waals surface area (Å²) < 4.78 is 14.6. The third-order valence-corrected chi connectivity index (χ3v) is 14.8. The molecule has 71 heavy (non-hydrogen) atoms. The standard InChI is InChI=1S/C56H72N8O7/c1-10-48(65)62-25-21-40(32-62)53(67)61(8)50(34(3)4)52(66)59-46-27-36-14-12-15-38(26-36)39-17-18-47-42(28-39)44(30-56(6,7)33-71-55(69)45-16-13-24-64(60-45)54(46)68)51(63(47)11-2)43-29-41(37-19-22-57-23-20-37)31-58-49(43)35(5)70-9/h10,12,14-15,17-19,26,28-29,31,34-35,40,45-46,50,57,60H,1,11,13,16,20-25,27,30,32-33H2,2-9H3,(H,59,66)/t35-,40?,45-,46-,50-/m0/s1. The average Bonchev–Trinajstić information content (AvgIpc) is 3.99. The van der Waals surface area contributed by atoms with E-state index >= 15 is 0 Å². The lowest BCUT2D eigenvalue weighted by molar-refractivity contribution is -0.155. The second kappa shape index (κ2) is 21.7. The molecule has 0 saturated carbocycles. The van der Waals surface area contributed by atoms with Crippen LogP contribution in [0.1, 0.15) is 95.7 Å². The quantitative estimate of drug-likeness (QED) is 0.110. The van der Waals surface area contributed by atoms with Crippen LogP contribution in [0.15, 0.2) is 73.5 Å². The minimum Gasteiger partial charge on any atom is -0.464 e. The molecule has 4 aliphatic heterocycles. The van der Waals surface area contributed by atoms with Gasteiger partial charge in [0.15, 0.2) is 0 Å². The minimum absolute atomic E-state index is 0.127. The number of carbonyl (C=O) groups is 5. The number of hydrazine groups is 1. The van der Waals surface area contributed by atoms with Crippen LogP contribution in [0.5, 0.6) is 0 Å². The molecule has 2 aromatic heterocycles. The summed E-state index contributed by atoms with van der Waals surface area (Å²) in [7, 11) is 3.33. The van der Waals surface area contributed by atoms with Gasteiger partial charge in [0.1, 0.15) is 18.1 Å². The highest BCUT2D eigenvalue weighted by Crippen LogP contribution is 2.43. The van der Waals surface area contributed by atoms with Gasteiger partial charge in [0.25, 0.3) is 5.91 Å². The number of cyclic esters (lactones) is 1. The summed E-state index contributed by atoms with van der Waals surface area (Å²) in [5.41, 5.74) is 12.9. The van der Waals surface area contributed by atoms with Gasteiger partial charge in [0, 0.05) is 81.4 Å². The van der Waals surface area contributed by atoms with E-state index in [1.807, 2.05) is 39.1 Å². The van der Waals surface area contributed by atoms with Crippen molar-refractivity contribution in [3.05, 3.63) is 95.8 Å². The number of carbonyl (C=O) groups excluding carboxylic acids is 5. The van der Waals surface area contributed by atoms with Crippen LogP contribution in [0.3, 0.4) is 0 Å². The molecule has 4 aliphatic rings. The summed E-state index contributed by atoms with van der Waals surface area (Å²) in [6.45, 7) is 19.3. The topological polar surface area (TPSA) is 167 Å². The Bertz CT molecular complexity index is 2720. The van der Waals surface area contributed by atoms with E-state index in [2.05, 4.69) is 90.5 Å². The first-order valence-electron chi connectivity index (χ1n) is 25.4. The number of likely N-dealkylation sites (N-methyl/N-ethyl adjacent to an activating group) is 1. The van der Waals surface area contributed by atoms with Crippen molar-refractivity contribution in [3.63, 3.8) is 0 Å². The molecule has 15 nitrogen and oxygen atoms in total. The van der Waals surface area contributed by atoms with Crippen molar-refractivity contribution in [3.8, 4) is 22.4 Å². The molecule has 5 atom stereocenters. The first kappa shape index (κ1) is 51.2. The number of methoxy groups -OCH3 is 1. The number of pyridine rings is 1. The predicted octanol–water partition coefficient (Wildman–Crippen LogP) is 6.64. The van der Waals surface area contributed by atoms with Crippen LogP contribution < -0.4 is 16.1 Å². The lowest BCUT2D eigenvalue weighted by atomic mass is 9.83. The van der Waals surface area contributed by atoms with Crippen LogP contribution in [0, 0.1) is 17.3 Å². The van der Waals surface area contributed by atoms with Crippen LogP contribution in [-0.2, 0) is 52.8 Å². The summed E-state index contributed by atoms with van der Waals surface area (Å²) in [6.07, 6.45) is 8.28. The molecule has 6 heterocycles.